The molecule has 0 saturated heterocycles. The summed E-state index contributed by atoms with van der Waals surface area (Å²) < 4.78 is 0. The van der Waals surface area contributed by atoms with Crippen LogP contribution < -0.4 is 5.32 Å². The number of aryl methyl sites for hydroxylation is 2. The van der Waals surface area contributed by atoms with E-state index in [0.717, 1.165) is 16.7 Å². The molecule has 0 unspecified atom stereocenters. The number of hydrogen-bond donors (Lipinski definition) is 2. The molecule has 2 N–H and O–H groups in total. The molecule has 1 amide bonds. The Morgan fingerprint density at radius 1 is 1.38 bits per heavy atom. The molecular formula is C18H22ClN3O2. The van der Waals surface area contributed by atoms with Gasteiger partial charge in [0.2, 0.25) is 5.91 Å². The van der Waals surface area contributed by atoms with E-state index in [-0.39, 0.29) is 19.1 Å². The first kappa shape index (κ1) is 18.4. The van der Waals surface area contributed by atoms with Crippen LogP contribution in [0, 0.1) is 13.8 Å². The van der Waals surface area contributed by atoms with Crippen LogP contribution in [-0.2, 0) is 11.3 Å². The van der Waals surface area contributed by atoms with Crippen molar-refractivity contribution in [3.63, 3.8) is 0 Å². The molecular weight excluding hydrogens is 326 g/mol. The quantitative estimate of drug-likeness (QED) is 0.808. The van der Waals surface area contributed by atoms with Crippen molar-refractivity contribution in [2.24, 2.45) is 0 Å². The van der Waals surface area contributed by atoms with Gasteiger partial charge in [0.1, 0.15) is 0 Å². The molecule has 0 radical (unpaired) electrons. The summed E-state index contributed by atoms with van der Waals surface area (Å²) in [6, 6.07) is 7.59. The Balaban J connectivity index is 2.03. The Morgan fingerprint density at radius 3 is 2.79 bits per heavy atom. The average molecular weight is 348 g/mol. The van der Waals surface area contributed by atoms with Crippen molar-refractivity contribution < 1.29 is 9.90 Å². The number of halogens is 1. The third kappa shape index (κ3) is 5.30. The molecule has 2 rings (SSSR count). The standard InChI is InChI=1S/C18H22ClN3O2/c1-13-8-14(2)18(16(19)9-13)21-17(24)12-22(6-7-23)11-15-4-3-5-20-10-15/h3-5,8-10,23H,6-7,11-12H2,1-2H3,(H,21,24). The Bertz CT molecular complexity index is 669. The molecule has 1 aromatic carbocycles. The second-order valence-corrected chi connectivity index (χ2v) is 6.19. The predicted octanol–water partition coefficient (Wildman–Crippen LogP) is 2.78. The van der Waals surface area contributed by atoms with Gasteiger partial charge in [0, 0.05) is 25.5 Å². The molecule has 0 aliphatic carbocycles. The van der Waals surface area contributed by atoms with Crippen LogP contribution in [0.2, 0.25) is 5.02 Å². The van der Waals surface area contributed by atoms with E-state index in [1.165, 1.54) is 0 Å². The van der Waals surface area contributed by atoms with E-state index >= 15 is 0 Å². The van der Waals surface area contributed by atoms with Gasteiger partial charge < -0.3 is 10.4 Å². The number of amides is 1. The summed E-state index contributed by atoms with van der Waals surface area (Å²) in [5.41, 5.74) is 3.60. The lowest BCUT2D eigenvalue weighted by Gasteiger charge is -2.21. The minimum atomic E-state index is -0.166. The minimum Gasteiger partial charge on any atom is -0.395 e. The third-order valence-corrected chi connectivity index (χ3v) is 3.91. The van der Waals surface area contributed by atoms with Gasteiger partial charge in [-0.2, -0.15) is 0 Å². The van der Waals surface area contributed by atoms with Gasteiger partial charge in [-0.3, -0.25) is 14.7 Å². The number of hydrogen-bond acceptors (Lipinski definition) is 4. The van der Waals surface area contributed by atoms with Gasteiger partial charge in [-0.05, 0) is 42.7 Å². The Hall–Kier alpha value is -1.95. The molecule has 6 heteroatoms. The minimum absolute atomic E-state index is 0.0160. The fraction of sp³-hybridized carbons (Fsp3) is 0.333. The molecule has 0 fully saturated rings. The number of aliphatic hydroxyl groups is 1. The van der Waals surface area contributed by atoms with Crippen LogP contribution in [0.1, 0.15) is 16.7 Å². The van der Waals surface area contributed by atoms with Crippen LogP contribution in [0.15, 0.2) is 36.7 Å². The van der Waals surface area contributed by atoms with E-state index in [0.29, 0.717) is 23.8 Å². The van der Waals surface area contributed by atoms with Crippen molar-refractivity contribution in [3.05, 3.63) is 58.4 Å². The zero-order valence-corrected chi connectivity index (χ0v) is 14.7. The monoisotopic (exact) mass is 347 g/mol. The highest BCUT2D eigenvalue weighted by Crippen LogP contribution is 2.27. The zero-order chi connectivity index (χ0) is 17.5. The molecule has 0 atom stereocenters. The fourth-order valence-electron chi connectivity index (χ4n) is 2.56. The maximum atomic E-state index is 12.4. The lowest BCUT2D eigenvalue weighted by Crippen LogP contribution is -2.35. The normalized spacial score (nSPS) is 10.9. The number of carbonyl (C=O) groups excluding carboxylic acids is 1. The second kappa shape index (κ2) is 8.78. The van der Waals surface area contributed by atoms with Gasteiger partial charge in [-0.1, -0.05) is 23.7 Å². The first-order valence-electron chi connectivity index (χ1n) is 7.78. The topological polar surface area (TPSA) is 65.5 Å². The van der Waals surface area contributed by atoms with E-state index in [4.69, 9.17) is 11.6 Å². The van der Waals surface area contributed by atoms with Crippen molar-refractivity contribution in [2.45, 2.75) is 20.4 Å². The van der Waals surface area contributed by atoms with Crippen LogP contribution in [0.3, 0.4) is 0 Å². The summed E-state index contributed by atoms with van der Waals surface area (Å²) in [6.07, 6.45) is 3.46. The van der Waals surface area contributed by atoms with E-state index < -0.39 is 0 Å². The molecule has 5 nitrogen and oxygen atoms in total. The largest absolute Gasteiger partial charge is 0.395 e. The SMILES string of the molecule is Cc1cc(C)c(NC(=O)CN(CCO)Cc2cccnc2)c(Cl)c1. The predicted molar refractivity (Wildman–Crippen MR) is 96.2 cm³/mol. The van der Waals surface area contributed by atoms with Gasteiger partial charge in [-0.25, -0.2) is 0 Å². The van der Waals surface area contributed by atoms with Gasteiger partial charge in [-0.15, -0.1) is 0 Å². The number of aliphatic hydroxyl groups excluding tert-OH is 1. The van der Waals surface area contributed by atoms with Crippen LogP contribution in [-0.4, -0.2) is 40.6 Å². The number of nitrogens with one attached hydrogen (secondary N) is 1. The molecule has 0 aliphatic heterocycles. The lowest BCUT2D eigenvalue weighted by molar-refractivity contribution is -0.117. The molecule has 24 heavy (non-hydrogen) atoms. The van der Waals surface area contributed by atoms with E-state index in [2.05, 4.69) is 10.3 Å². The number of benzene rings is 1. The van der Waals surface area contributed by atoms with Crippen molar-refractivity contribution in [1.82, 2.24) is 9.88 Å². The maximum Gasteiger partial charge on any atom is 0.238 e. The highest BCUT2D eigenvalue weighted by Gasteiger charge is 2.14. The first-order valence-corrected chi connectivity index (χ1v) is 8.16. The molecule has 0 aliphatic rings. The van der Waals surface area contributed by atoms with Gasteiger partial charge in [0.15, 0.2) is 0 Å². The molecule has 1 aromatic heterocycles. The van der Waals surface area contributed by atoms with E-state index in [9.17, 15) is 9.90 Å². The maximum absolute atomic E-state index is 12.4. The summed E-state index contributed by atoms with van der Waals surface area (Å²) in [5, 5.41) is 12.6. The first-order chi connectivity index (χ1) is 11.5. The summed E-state index contributed by atoms with van der Waals surface area (Å²) >= 11 is 6.23. The van der Waals surface area contributed by atoms with Crippen LogP contribution in [0.5, 0.6) is 0 Å². The summed E-state index contributed by atoms with van der Waals surface area (Å²) in [7, 11) is 0. The van der Waals surface area contributed by atoms with Crippen molar-refractivity contribution in [3.8, 4) is 0 Å². The highest BCUT2D eigenvalue weighted by molar-refractivity contribution is 6.34. The lowest BCUT2D eigenvalue weighted by atomic mass is 10.1. The zero-order valence-electron chi connectivity index (χ0n) is 13.9. The smallest absolute Gasteiger partial charge is 0.238 e. The number of pyridine rings is 1. The van der Waals surface area contributed by atoms with Gasteiger partial charge in [0.25, 0.3) is 0 Å². The number of nitrogens with zero attached hydrogens (tertiary/aromatic N) is 2. The Morgan fingerprint density at radius 2 is 2.17 bits per heavy atom. The summed E-state index contributed by atoms with van der Waals surface area (Å²) in [5.74, 6) is -0.166. The van der Waals surface area contributed by atoms with Crippen LogP contribution >= 0.6 is 11.6 Å². The number of carbonyl (C=O) groups is 1. The second-order valence-electron chi connectivity index (χ2n) is 5.78. The Labute approximate surface area is 147 Å². The average Bonchev–Trinajstić information content (AvgIpc) is 2.52. The van der Waals surface area contributed by atoms with Crippen LogP contribution in [0.4, 0.5) is 5.69 Å². The molecule has 0 saturated carbocycles. The van der Waals surface area contributed by atoms with Crippen LogP contribution in [0.25, 0.3) is 0 Å². The third-order valence-electron chi connectivity index (χ3n) is 3.61. The molecule has 2 aromatic rings. The van der Waals surface area contributed by atoms with E-state index in [1.807, 2.05) is 43.0 Å². The van der Waals surface area contributed by atoms with Gasteiger partial charge >= 0.3 is 0 Å². The summed E-state index contributed by atoms with van der Waals surface area (Å²) in [4.78, 5) is 18.3. The van der Waals surface area contributed by atoms with Crippen molar-refractivity contribution >= 4 is 23.2 Å². The summed E-state index contributed by atoms with van der Waals surface area (Å²) in [6.45, 7) is 4.97. The Kier molecular flexibility index (Phi) is 6.73. The molecule has 0 bridgehead atoms. The number of rotatable bonds is 7. The number of anilines is 1. The number of aromatic nitrogens is 1. The van der Waals surface area contributed by atoms with E-state index in [1.54, 1.807) is 12.4 Å². The fourth-order valence-corrected chi connectivity index (χ4v) is 2.93. The molecule has 0 spiro atoms. The van der Waals surface area contributed by atoms with Gasteiger partial charge in [0.05, 0.1) is 23.9 Å². The van der Waals surface area contributed by atoms with Crippen molar-refractivity contribution in [1.29, 1.82) is 0 Å². The molecule has 1 heterocycles. The molecule has 128 valence electrons. The van der Waals surface area contributed by atoms with Crippen molar-refractivity contribution in [2.75, 3.05) is 25.0 Å². The highest BCUT2D eigenvalue weighted by atomic mass is 35.5.